The van der Waals surface area contributed by atoms with Crippen molar-refractivity contribution >= 4 is 0 Å². The van der Waals surface area contributed by atoms with Crippen molar-refractivity contribution in [3.05, 3.63) is 60.8 Å². The molecule has 0 fully saturated rings. The Labute approximate surface area is 132 Å². The molecule has 0 amide bonds. The molecule has 1 radical (unpaired) electrons. The van der Waals surface area contributed by atoms with Gasteiger partial charge in [0, 0.05) is 0 Å². The van der Waals surface area contributed by atoms with E-state index in [1.54, 1.807) is 0 Å². The number of allylic oxidation sites excluding steroid dienone is 10. The van der Waals surface area contributed by atoms with Crippen LogP contribution in [0.3, 0.4) is 0 Å². The van der Waals surface area contributed by atoms with Crippen molar-refractivity contribution in [3.63, 3.8) is 0 Å². The molecule has 0 nitrogen and oxygen atoms in total. The molecule has 0 spiro atoms. The summed E-state index contributed by atoms with van der Waals surface area (Å²) < 4.78 is 0. The van der Waals surface area contributed by atoms with Crippen LogP contribution in [0.25, 0.3) is 0 Å². The largest absolute Gasteiger partial charge is 3.00 e. The summed E-state index contributed by atoms with van der Waals surface area (Å²) in [5.74, 6) is 0. The molecular formula is C17H23Zr. The Morgan fingerprint density at radius 1 is 1.11 bits per heavy atom. The average molecular weight is 319 g/mol. The monoisotopic (exact) mass is 317 g/mol. The van der Waals surface area contributed by atoms with Gasteiger partial charge in [0.25, 0.3) is 0 Å². The Hall–Kier alpha value is -0.417. The summed E-state index contributed by atoms with van der Waals surface area (Å²) in [7, 11) is 0. The second-order valence-electron chi connectivity index (χ2n) is 3.64. The maximum Gasteiger partial charge on any atom is 3.00 e. The van der Waals surface area contributed by atoms with Gasteiger partial charge in [0.1, 0.15) is 0 Å². The minimum Gasteiger partial charge on any atom is -0.504 e. The predicted octanol–water partition coefficient (Wildman–Crippen LogP) is 5.16. The molecule has 0 aromatic heterocycles. The summed E-state index contributed by atoms with van der Waals surface area (Å²) in [5, 5.41) is 0. The molecule has 1 heteroatoms. The first kappa shape index (κ1) is 19.9. The Morgan fingerprint density at radius 2 is 1.67 bits per heavy atom. The molecule has 0 saturated heterocycles. The quantitative estimate of drug-likeness (QED) is 0.498. The molecule has 0 aromatic rings. The third-order valence-corrected chi connectivity index (χ3v) is 2.08. The fourth-order valence-corrected chi connectivity index (χ4v) is 1.13. The van der Waals surface area contributed by atoms with Crippen LogP contribution in [0, 0.1) is 18.2 Å². The van der Waals surface area contributed by atoms with Crippen LogP contribution < -0.4 is 0 Å². The predicted molar refractivity (Wildman–Crippen MR) is 76.2 cm³/mol. The fourth-order valence-electron chi connectivity index (χ4n) is 1.13. The molecular weight excluding hydrogens is 295 g/mol. The first-order valence-corrected chi connectivity index (χ1v) is 6.34. The van der Waals surface area contributed by atoms with E-state index in [-0.39, 0.29) is 26.2 Å². The van der Waals surface area contributed by atoms with Crippen LogP contribution >= 0.6 is 0 Å². The van der Waals surface area contributed by atoms with E-state index in [2.05, 4.69) is 43.4 Å². The molecule has 2 aliphatic carbocycles. The van der Waals surface area contributed by atoms with Crippen molar-refractivity contribution in [2.24, 2.45) is 0 Å². The zero-order valence-electron chi connectivity index (χ0n) is 11.6. The van der Waals surface area contributed by atoms with Gasteiger partial charge in [-0.1, -0.05) is 26.2 Å². The van der Waals surface area contributed by atoms with Gasteiger partial charge < -0.3 is 6.08 Å². The molecule has 0 N–H and O–H groups in total. The van der Waals surface area contributed by atoms with Crippen LogP contribution in [0.15, 0.2) is 42.5 Å². The fraction of sp³-hybridized carbons (Fsp3) is 0.412. The zero-order chi connectivity index (χ0) is 12.6. The third kappa shape index (κ3) is 18.0. The van der Waals surface area contributed by atoms with E-state index in [1.165, 1.54) is 19.3 Å². The van der Waals surface area contributed by atoms with Gasteiger partial charge in [0.05, 0.1) is 0 Å². The van der Waals surface area contributed by atoms with Gasteiger partial charge in [-0.3, -0.25) is 18.2 Å². The van der Waals surface area contributed by atoms with Gasteiger partial charge in [-0.15, -0.1) is 12.8 Å². The van der Waals surface area contributed by atoms with Crippen molar-refractivity contribution in [3.8, 4) is 0 Å². The molecule has 95 valence electrons. The van der Waals surface area contributed by atoms with Crippen LogP contribution in [-0.4, -0.2) is 0 Å². The minimum absolute atomic E-state index is 0. The van der Waals surface area contributed by atoms with Gasteiger partial charge in [-0.2, -0.15) is 19.1 Å². The maximum atomic E-state index is 2.99. The molecule has 0 aromatic carbocycles. The van der Waals surface area contributed by atoms with E-state index < -0.39 is 0 Å². The van der Waals surface area contributed by atoms with Crippen LogP contribution in [0.5, 0.6) is 0 Å². The summed E-state index contributed by atoms with van der Waals surface area (Å²) in [6, 6.07) is 0. The van der Waals surface area contributed by atoms with E-state index >= 15 is 0 Å². The van der Waals surface area contributed by atoms with Crippen LogP contribution in [0.4, 0.5) is 0 Å². The first-order valence-electron chi connectivity index (χ1n) is 6.34. The van der Waals surface area contributed by atoms with Crippen molar-refractivity contribution in [1.29, 1.82) is 0 Å². The molecule has 18 heavy (non-hydrogen) atoms. The molecule has 0 bridgehead atoms. The average Bonchev–Trinajstić information content (AvgIpc) is 3.08. The Bertz CT molecular complexity index is 238. The van der Waals surface area contributed by atoms with Gasteiger partial charge in [0.2, 0.25) is 0 Å². The summed E-state index contributed by atoms with van der Waals surface area (Å²) in [5.41, 5.74) is 0. The SMILES string of the molecule is C[C-]=CCCCC.[C-]1=CC=CC1.[C-]1=CC=CC1.[Zr+3]. The second kappa shape index (κ2) is 18.9. The van der Waals surface area contributed by atoms with Crippen molar-refractivity contribution < 1.29 is 26.2 Å². The second-order valence-corrected chi connectivity index (χ2v) is 3.64. The van der Waals surface area contributed by atoms with Crippen molar-refractivity contribution in [2.45, 2.75) is 46.0 Å². The van der Waals surface area contributed by atoms with E-state index in [4.69, 9.17) is 0 Å². The van der Waals surface area contributed by atoms with E-state index in [9.17, 15) is 0 Å². The smallest absolute Gasteiger partial charge is 0.504 e. The van der Waals surface area contributed by atoms with Crippen molar-refractivity contribution in [2.75, 3.05) is 0 Å². The molecule has 0 saturated carbocycles. The Balaban J connectivity index is 0. The molecule has 0 atom stereocenters. The third-order valence-electron chi connectivity index (χ3n) is 2.08. The summed E-state index contributed by atoms with van der Waals surface area (Å²) >= 11 is 0. The van der Waals surface area contributed by atoms with E-state index in [0.29, 0.717) is 0 Å². The molecule has 2 rings (SSSR count). The topological polar surface area (TPSA) is 0 Å². The number of hydrogen-bond donors (Lipinski definition) is 0. The van der Waals surface area contributed by atoms with Crippen LogP contribution in [0.2, 0.25) is 0 Å². The van der Waals surface area contributed by atoms with Gasteiger partial charge in [0.15, 0.2) is 0 Å². The van der Waals surface area contributed by atoms with Gasteiger partial charge in [-0.25, -0.2) is 24.3 Å². The van der Waals surface area contributed by atoms with E-state index in [0.717, 1.165) is 12.8 Å². The van der Waals surface area contributed by atoms with Gasteiger partial charge in [-0.05, 0) is 0 Å². The standard InChI is InChI=1S/C7H13.2C5H5.Zr/c1-3-5-7-6-4-2;2*1-2-4-5-3-1;/h6H,3,5,7H2,1-2H3;2*1-3H,4H2;/q3*-1;+3. The summed E-state index contributed by atoms with van der Waals surface area (Å²) in [4.78, 5) is 0. The molecule has 0 unspecified atom stereocenters. The normalized spacial score (nSPS) is 13.9. The number of unbranched alkanes of at least 4 members (excludes halogenated alkanes) is 2. The van der Waals surface area contributed by atoms with Crippen LogP contribution in [0.1, 0.15) is 46.0 Å². The minimum atomic E-state index is 0. The number of rotatable bonds is 3. The maximum absolute atomic E-state index is 2.99. The first-order chi connectivity index (χ1) is 8.41. The zero-order valence-corrected chi connectivity index (χ0v) is 14.0. The molecule has 0 aliphatic heterocycles. The van der Waals surface area contributed by atoms with Crippen molar-refractivity contribution in [1.82, 2.24) is 0 Å². The van der Waals surface area contributed by atoms with Gasteiger partial charge >= 0.3 is 26.2 Å². The Morgan fingerprint density at radius 3 is 1.89 bits per heavy atom. The number of hydrogen-bond acceptors (Lipinski definition) is 0. The molecule has 2 aliphatic rings. The summed E-state index contributed by atoms with van der Waals surface area (Å²) in [6.45, 7) is 4.14. The van der Waals surface area contributed by atoms with E-state index in [1.807, 2.05) is 31.2 Å². The van der Waals surface area contributed by atoms with Crippen LogP contribution in [-0.2, 0) is 26.2 Å². The molecule has 0 heterocycles. The summed E-state index contributed by atoms with van der Waals surface area (Å²) in [6.07, 6.45) is 28.9. The Kier molecular flexibility index (Phi) is 20.9.